The van der Waals surface area contributed by atoms with Gasteiger partial charge in [0.2, 0.25) is 0 Å². The lowest BCUT2D eigenvalue weighted by atomic mass is 9.74. The fraction of sp³-hybridized carbons (Fsp3) is 0.129. The highest BCUT2D eigenvalue weighted by Crippen LogP contribution is 2.51. The van der Waals surface area contributed by atoms with Gasteiger partial charge in [0.05, 0.1) is 34.5 Å². The van der Waals surface area contributed by atoms with Gasteiger partial charge in [-0.15, -0.1) is 0 Å². The van der Waals surface area contributed by atoms with Gasteiger partial charge in [0, 0.05) is 49.2 Å². The first-order chi connectivity index (χ1) is 51.3. The summed E-state index contributed by atoms with van der Waals surface area (Å²) < 4.78 is 21.7. The van der Waals surface area contributed by atoms with E-state index in [1.54, 1.807) is 7.18 Å². The van der Waals surface area contributed by atoms with E-state index >= 15 is 0 Å². The molecule has 17 rings (SSSR count). The summed E-state index contributed by atoms with van der Waals surface area (Å²) in [6.07, 6.45) is 0. The average Bonchev–Trinajstić information content (AvgIpc) is 1.58. The van der Waals surface area contributed by atoms with Crippen molar-refractivity contribution >= 4 is 24.2 Å². The molecular formula is C93H74BClFN8O2-. The highest BCUT2D eigenvalue weighted by atomic mass is 35.5. The molecule has 0 saturated carbocycles. The van der Waals surface area contributed by atoms with Crippen molar-refractivity contribution in [2.45, 2.75) is 77.4 Å². The zero-order valence-corrected chi connectivity index (χ0v) is 60.9. The molecule has 3 heterocycles. The van der Waals surface area contributed by atoms with Crippen molar-refractivity contribution in [1.82, 2.24) is 29.9 Å². The van der Waals surface area contributed by atoms with E-state index < -0.39 is 0 Å². The average molecular weight is 1400 g/mol. The summed E-state index contributed by atoms with van der Waals surface area (Å²) in [5.41, 5.74) is 23.9. The molecule has 2 aromatic heterocycles. The first kappa shape index (κ1) is 70.9. The molecule has 13 heteroatoms. The molecule has 516 valence electrons. The van der Waals surface area contributed by atoms with Crippen LogP contribution in [-0.2, 0) is 20.1 Å². The minimum atomic E-state index is -0.362. The Morgan fingerprint density at radius 3 is 0.868 bits per heavy atom. The lowest BCUT2D eigenvalue weighted by Crippen LogP contribution is -2.41. The molecule has 1 fully saturated rings. The number of fused-ring (bicyclic) bond motifs is 6. The van der Waals surface area contributed by atoms with Crippen LogP contribution in [0, 0.1) is 29.8 Å². The molecule has 12 aromatic carbocycles. The van der Waals surface area contributed by atoms with Crippen LogP contribution >= 0.6 is 11.6 Å². The van der Waals surface area contributed by atoms with Gasteiger partial charge in [0.1, 0.15) is 0 Å². The third kappa shape index (κ3) is 14.2. The van der Waals surface area contributed by atoms with Gasteiger partial charge in [-0.3, -0.25) is 0 Å². The molecule has 0 amide bonds. The maximum atomic E-state index is 9.46. The molecule has 3 aliphatic rings. The van der Waals surface area contributed by atoms with E-state index in [9.17, 15) is 14.9 Å². The summed E-state index contributed by atoms with van der Waals surface area (Å²) in [7, 11) is 1.39. The fourth-order valence-electron chi connectivity index (χ4n) is 13.9. The quantitative estimate of drug-likeness (QED) is 0.0959. The lowest BCUT2D eigenvalue weighted by Gasteiger charge is -2.32. The van der Waals surface area contributed by atoms with Gasteiger partial charge in [-0.25, -0.2) is 29.9 Å². The SMILES string of the molecule is CC1(C)c2cc(C#N)ccc2-c2ccc(-c3ccc(-c4ccc(-c5nc(-c6ccccc6)nc(-c6ccccc6)n5)cc4)cc3)cc21.CC1(C)c2cc(C#N)ccc2-c2ccc(B3OC(C)(C)C(C)(C)O3)cc21.Clc1ccc(-c2ccc(-c3nc(-c4ccccc4)nc(-c4ccccc4)n3)cc2)cc1.[CH2-]F. The molecule has 0 bridgehead atoms. The second-order valence-electron chi connectivity index (χ2n) is 28.5. The first-order valence-corrected chi connectivity index (χ1v) is 35.5. The third-order valence-electron chi connectivity index (χ3n) is 20.6. The Hall–Kier alpha value is -12.2. The van der Waals surface area contributed by atoms with Crippen LogP contribution in [0.3, 0.4) is 0 Å². The molecule has 0 spiro atoms. The molecule has 0 unspecified atom stereocenters. The molecule has 0 radical (unpaired) electrons. The molecule has 2 aliphatic carbocycles. The number of rotatable bonds is 10. The number of hydrogen-bond acceptors (Lipinski definition) is 10. The monoisotopic (exact) mass is 1400 g/mol. The fourth-order valence-corrected chi connectivity index (χ4v) is 14.1. The van der Waals surface area contributed by atoms with E-state index in [1.165, 1.54) is 55.6 Å². The summed E-state index contributed by atoms with van der Waals surface area (Å²) in [6, 6.07) is 103. The number of nitrogens with zero attached hydrogens (tertiary/aromatic N) is 8. The minimum absolute atomic E-state index is 0.156. The van der Waals surface area contributed by atoms with Crippen molar-refractivity contribution < 1.29 is 13.7 Å². The van der Waals surface area contributed by atoms with Crippen LogP contribution < -0.4 is 5.46 Å². The van der Waals surface area contributed by atoms with E-state index in [0.29, 0.717) is 46.1 Å². The van der Waals surface area contributed by atoms with Crippen molar-refractivity contribution in [3.8, 4) is 136 Å². The summed E-state index contributed by atoms with van der Waals surface area (Å²) in [6.45, 7) is 17.2. The largest absolute Gasteiger partial charge is 0.494 e. The second kappa shape index (κ2) is 29.5. The van der Waals surface area contributed by atoms with Gasteiger partial charge in [-0.2, -0.15) is 17.7 Å². The van der Waals surface area contributed by atoms with Crippen molar-refractivity contribution in [2.24, 2.45) is 0 Å². The van der Waals surface area contributed by atoms with E-state index in [0.717, 1.165) is 66.1 Å². The number of hydrogen-bond donors (Lipinski definition) is 0. The minimum Gasteiger partial charge on any atom is -0.463 e. The Bertz CT molecular complexity index is 5500. The Morgan fingerprint density at radius 2 is 0.547 bits per heavy atom. The van der Waals surface area contributed by atoms with E-state index in [4.69, 9.17) is 50.8 Å². The third-order valence-corrected chi connectivity index (χ3v) is 20.8. The van der Waals surface area contributed by atoms with Gasteiger partial charge in [0.25, 0.3) is 0 Å². The van der Waals surface area contributed by atoms with Crippen molar-refractivity contribution in [3.63, 3.8) is 0 Å². The Labute approximate surface area is 624 Å². The van der Waals surface area contributed by atoms with E-state index in [1.807, 2.05) is 182 Å². The molecule has 1 saturated heterocycles. The van der Waals surface area contributed by atoms with Crippen LogP contribution in [0.1, 0.15) is 88.8 Å². The summed E-state index contributed by atoms with van der Waals surface area (Å²) >= 11 is 6.01. The standard InChI is InChI=1S/C43H30N4.C27H18ClN3.C22H24BNO2.CH2F/c1-43(2)38-25-28(27-44)13-23-36(38)37-24-22-35(26-39(37)43)31-16-14-29(15-17-31)30-18-20-34(21-19-30)42-46-40(32-9-5-3-6-10-32)45-41(47-42)33-11-7-4-8-12-33;28-24-17-15-20(16-18-24)19-11-13-23(14-12-19)27-30-25(21-7-3-1-4-8-21)29-26(31-27)22-9-5-2-6-10-22;1-20(2)18-11-14(13-24)7-9-16(18)17-10-8-15(12-19(17)20)23-25-21(3,4)22(5,6)26-23;1-2/h3-26H,1-2H3;1-18H;7-12H,1-6H3;1H2/q;;;-1. The molecule has 14 aromatic rings. The Kier molecular flexibility index (Phi) is 19.7. The van der Waals surface area contributed by atoms with Crippen LogP contribution in [0.4, 0.5) is 4.39 Å². The van der Waals surface area contributed by atoms with Crippen molar-refractivity contribution in [3.05, 3.63) is 337 Å². The first-order valence-electron chi connectivity index (χ1n) is 35.1. The van der Waals surface area contributed by atoms with Crippen molar-refractivity contribution in [2.75, 3.05) is 0 Å². The van der Waals surface area contributed by atoms with Crippen LogP contribution in [0.2, 0.25) is 5.02 Å². The highest BCUT2D eigenvalue weighted by molar-refractivity contribution is 6.62. The number of halogens is 2. The van der Waals surface area contributed by atoms with Crippen molar-refractivity contribution in [1.29, 1.82) is 10.5 Å². The zero-order valence-electron chi connectivity index (χ0n) is 60.1. The molecule has 10 nitrogen and oxygen atoms in total. The molecule has 0 atom stereocenters. The van der Waals surface area contributed by atoms with Gasteiger partial charge >= 0.3 is 7.12 Å². The van der Waals surface area contributed by atoms with Gasteiger partial charge in [0.15, 0.2) is 34.9 Å². The van der Waals surface area contributed by atoms with Crippen LogP contribution in [0.5, 0.6) is 0 Å². The maximum absolute atomic E-state index is 9.46. The van der Waals surface area contributed by atoms with Gasteiger partial charge < -0.3 is 13.7 Å². The smallest absolute Gasteiger partial charge is 0.463 e. The predicted molar refractivity (Wildman–Crippen MR) is 427 cm³/mol. The summed E-state index contributed by atoms with van der Waals surface area (Å²) in [4.78, 5) is 28.8. The lowest BCUT2D eigenvalue weighted by molar-refractivity contribution is 0.00578. The Balaban J connectivity index is 0.000000139. The van der Waals surface area contributed by atoms with Gasteiger partial charge in [-0.05, 0) is 154 Å². The summed E-state index contributed by atoms with van der Waals surface area (Å²) in [5, 5.41) is 19.4. The topological polar surface area (TPSA) is 143 Å². The predicted octanol–water partition coefficient (Wildman–Crippen LogP) is 22.5. The molecule has 1 aliphatic heterocycles. The molecule has 106 heavy (non-hydrogen) atoms. The van der Waals surface area contributed by atoms with E-state index in [-0.39, 0.29) is 29.2 Å². The second-order valence-corrected chi connectivity index (χ2v) is 28.9. The number of benzene rings is 12. The Morgan fingerprint density at radius 1 is 0.302 bits per heavy atom. The summed E-state index contributed by atoms with van der Waals surface area (Å²) in [5.74, 6) is 3.91. The van der Waals surface area contributed by atoms with Gasteiger partial charge in [-0.1, -0.05) is 288 Å². The number of aromatic nitrogens is 6. The molecule has 0 N–H and O–H groups in total. The maximum Gasteiger partial charge on any atom is 0.494 e. The van der Waals surface area contributed by atoms with Crippen LogP contribution in [-0.4, -0.2) is 48.2 Å². The normalized spacial score (nSPS) is 14.0. The highest BCUT2D eigenvalue weighted by Gasteiger charge is 2.52. The number of nitriles is 2. The molecular weight excluding hydrogens is 1330 g/mol. The van der Waals surface area contributed by atoms with E-state index in [2.05, 4.69) is 177 Å². The van der Waals surface area contributed by atoms with Crippen LogP contribution in [0.15, 0.2) is 291 Å². The van der Waals surface area contributed by atoms with Crippen LogP contribution in [0.25, 0.3) is 124 Å². The zero-order chi connectivity index (χ0) is 73.9.